The van der Waals surface area contributed by atoms with Gasteiger partial charge in [-0.05, 0) is 0 Å². The van der Waals surface area contributed by atoms with Crippen molar-refractivity contribution in [3.05, 3.63) is 20.8 Å². The van der Waals surface area contributed by atoms with E-state index < -0.39 is 23.3 Å². The van der Waals surface area contributed by atoms with E-state index in [-0.39, 0.29) is 0 Å². The summed E-state index contributed by atoms with van der Waals surface area (Å²) in [7, 11) is 9.88. The van der Waals surface area contributed by atoms with Gasteiger partial charge < -0.3 is 0 Å². The molecule has 0 atom stereocenters. The fraction of sp³-hybridized carbons (Fsp3) is 0. The van der Waals surface area contributed by atoms with Gasteiger partial charge in [0.1, 0.15) is 0 Å². The van der Waals surface area contributed by atoms with E-state index in [9.17, 15) is 0 Å². The van der Waals surface area contributed by atoms with Crippen LogP contribution in [0.25, 0.3) is 0 Å². The molecule has 0 amide bonds. The molecule has 0 aromatic rings. The molecule has 6 heteroatoms. The van der Waals surface area contributed by atoms with Crippen LogP contribution >= 0.6 is 43.1 Å². The van der Waals surface area contributed by atoms with Gasteiger partial charge in [0.25, 0.3) is 0 Å². The van der Waals surface area contributed by atoms with Gasteiger partial charge >= 0.3 is 87.2 Å². The van der Waals surface area contributed by atoms with Gasteiger partial charge in [-0.1, -0.05) is 0 Å². The van der Waals surface area contributed by atoms with E-state index in [4.69, 9.17) is 43.1 Å². The SMILES string of the molecule is Cl/C=C/[As](/C=C/Cl)[As](Cl)Cl. The molecule has 58 valence electrons. The Morgan fingerprint density at radius 1 is 0.900 bits per heavy atom. The zero-order valence-corrected chi connectivity index (χ0v) is 11.5. The molecule has 0 nitrogen and oxygen atoms in total. The summed E-state index contributed by atoms with van der Waals surface area (Å²) in [6.07, 6.45) is 0. The van der Waals surface area contributed by atoms with Crippen molar-refractivity contribution in [2.75, 3.05) is 0 Å². The Bertz CT molecular complexity index is 121. The van der Waals surface area contributed by atoms with Crippen molar-refractivity contribution >= 4 is 66.4 Å². The number of hydrogen-bond donors (Lipinski definition) is 0. The minimum absolute atomic E-state index is 1.32. The van der Waals surface area contributed by atoms with E-state index >= 15 is 0 Å². The summed E-state index contributed by atoms with van der Waals surface area (Å²) in [5, 5.41) is 0. The van der Waals surface area contributed by atoms with Crippen LogP contribution in [-0.4, -0.2) is 23.3 Å². The molecule has 0 fully saturated rings. The normalized spacial score (nSPS) is 13.0. The number of rotatable bonds is 3. The van der Waals surface area contributed by atoms with Gasteiger partial charge in [0.2, 0.25) is 0 Å². The summed E-state index contributed by atoms with van der Waals surface area (Å²) in [4.78, 5) is 3.74. The van der Waals surface area contributed by atoms with Crippen LogP contribution in [0.1, 0.15) is 0 Å². The Kier molecular flexibility index (Phi) is 8.71. The molecule has 0 radical (unpaired) electrons. The Labute approximate surface area is 86.3 Å². The topological polar surface area (TPSA) is 0 Å². The average Bonchev–Trinajstić information content (AvgIpc) is 1.87. The standard InChI is InChI=1S/C4H4As2Cl4/c7-3-1-5(2-4-8)6(9)10/h1-4H/b3-1+,4-2+. The Balaban J connectivity index is 3.98. The van der Waals surface area contributed by atoms with E-state index in [1.807, 2.05) is 9.73 Å². The van der Waals surface area contributed by atoms with E-state index in [1.165, 1.54) is 11.1 Å². The van der Waals surface area contributed by atoms with Crippen LogP contribution in [0.5, 0.6) is 0 Å². The Hall–Kier alpha value is 1.76. The average molecular weight is 344 g/mol. The quantitative estimate of drug-likeness (QED) is 0.691. The minimum atomic E-state index is -1.63. The zero-order chi connectivity index (χ0) is 7.98. The molecule has 0 aromatic carbocycles. The van der Waals surface area contributed by atoms with Gasteiger partial charge in [0.15, 0.2) is 0 Å². The molecular weight excluding hydrogens is 340 g/mol. The Morgan fingerprint density at radius 2 is 1.30 bits per heavy atom. The van der Waals surface area contributed by atoms with Crippen LogP contribution in [0.15, 0.2) is 20.8 Å². The second-order valence-corrected chi connectivity index (χ2v) is 24.5. The predicted molar refractivity (Wildman–Crippen MR) is 53.2 cm³/mol. The third-order valence-electron chi connectivity index (χ3n) is 0.593. The summed E-state index contributed by atoms with van der Waals surface area (Å²) >= 11 is 9.40. The second kappa shape index (κ2) is 7.41. The van der Waals surface area contributed by atoms with Crippen LogP contribution in [0.2, 0.25) is 0 Å². The van der Waals surface area contributed by atoms with Crippen LogP contribution in [0, 0.1) is 0 Å². The molecule has 0 heterocycles. The first kappa shape index (κ1) is 11.8. The third kappa shape index (κ3) is 5.41. The summed E-state index contributed by atoms with van der Waals surface area (Å²) in [5.41, 5.74) is 2.92. The third-order valence-corrected chi connectivity index (χ3v) is 20.4. The molecule has 0 N–H and O–H groups in total. The molecule has 0 unspecified atom stereocenters. The molecule has 0 spiro atoms. The number of hydrogen-bond acceptors (Lipinski definition) is 0. The van der Waals surface area contributed by atoms with Gasteiger partial charge in [-0.15, -0.1) is 0 Å². The summed E-state index contributed by atoms with van der Waals surface area (Å²) < 4.78 is 0. The predicted octanol–water partition coefficient (Wildman–Crippen LogP) is 3.11. The molecule has 0 aliphatic carbocycles. The maximum atomic E-state index is 5.76. The first-order valence-electron chi connectivity index (χ1n) is 2.16. The monoisotopic (exact) mass is 342 g/mol. The zero-order valence-electron chi connectivity index (χ0n) is 4.72. The molecule has 0 aliphatic heterocycles. The van der Waals surface area contributed by atoms with Crippen LogP contribution in [0.3, 0.4) is 0 Å². The van der Waals surface area contributed by atoms with Crippen molar-refractivity contribution in [1.82, 2.24) is 0 Å². The molecule has 0 aliphatic rings. The van der Waals surface area contributed by atoms with Gasteiger partial charge in [-0.2, -0.15) is 0 Å². The molecule has 0 bridgehead atoms. The number of halogens is 4. The molecule has 0 rings (SSSR count). The van der Waals surface area contributed by atoms with Crippen molar-refractivity contribution < 1.29 is 0 Å². The fourth-order valence-electron chi connectivity index (χ4n) is 0.266. The Morgan fingerprint density at radius 3 is 1.50 bits per heavy atom. The summed E-state index contributed by atoms with van der Waals surface area (Å²) in [5.74, 6) is 0. The van der Waals surface area contributed by atoms with Crippen LogP contribution in [-0.2, 0) is 0 Å². The van der Waals surface area contributed by atoms with Crippen molar-refractivity contribution in [3.63, 3.8) is 0 Å². The fourth-order valence-corrected chi connectivity index (χ4v) is 13.5. The van der Waals surface area contributed by atoms with Crippen molar-refractivity contribution in [1.29, 1.82) is 0 Å². The van der Waals surface area contributed by atoms with Crippen molar-refractivity contribution in [2.45, 2.75) is 0 Å². The second-order valence-electron chi connectivity index (χ2n) is 1.15. The van der Waals surface area contributed by atoms with Gasteiger partial charge in [-0.25, -0.2) is 0 Å². The van der Waals surface area contributed by atoms with E-state index in [1.54, 1.807) is 0 Å². The van der Waals surface area contributed by atoms with E-state index in [0.29, 0.717) is 0 Å². The molecule has 0 saturated heterocycles. The molecule has 0 aromatic heterocycles. The van der Waals surface area contributed by atoms with Gasteiger partial charge in [0.05, 0.1) is 0 Å². The summed E-state index contributed by atoms with van der Waals surface area (Å²) in [6.45, 7) is 0. The van der Waals surface area contributed by atoms with Crippen molar-refractivity contribution in [3.8, 4) is 0 Å². The van der Waals surface area contributed by atoms with Gasteiger partial charge in [-0.3, -0.25) is 0 Å². The van der Waals surface area contributed by atoms with E-state index in [0.717, 1.165) is 0 Å². The first-order valence-corrected chi connectivity index (χ1v) is 15.3. The first-order chi connectivity index (χ1) is 4.72. The summed E-state index contributed by atoms with van der Waals surface area (Å²) in [6, 6.07) is 0. The van der Waals surface area contributed by atoms with Gasteiger partial charge in [0, 0.05) is 0 Å². The molecule has 0 saturated carbocycles. The van der Waals surface area contributed by atoms with Crippen LogP contribution < -0.4 is 0 Å². The molecular formula is C4H4As2Cl4. The van der Waals surface area contributed by atoms with Crippen LogP contribution in [0.4, 0.5) is 0 Å². The molecule has 10 heavy (non-hydrogen) atoms. The maximum absolute atomic E-state index is 5.76. The van der Waals surface area contributed by atoms with E-state index in [2.05, 4.69) is 0 Å². The van der Waals surface area contributed by atoms with Crippen molar-refractivity contribution in [2.24, 2.45) is 0 Å².